The Hall–Kier alpha value is -0.790. The molecule has 1 aromatic rings. The van der Waals surface area contributed by atoms with E-state index < -0.39 is 0 Å². The molecule has 0 saturated heterocycles. The van der Waals surface area contributed by atoms with Crippen molar-refractivity contribution >= 4 is 29.9 Å². The van der Waals surface area contributed by atoms with Gasteiger partial charge in [-0.1, -0.05) is 13.8 Å². The summed E-state index contributed by atoms with van der Waals surface area (Å²) in [5.41, 5.74) is 1.14. The lowest BCUT2D eigenvalue weighted by atomic mass is 9.80. The van der Waals surface area contributed by atoms with Gasteiger partial charge in [0.05, 0.1) is 12.7 Å². The minimum absolute atomic E-state index is 0. The first-order valence-electron chi connectivity index (χ1n) is 8.60. The van der Waals surface area contributed by atoms with Crippen LogP contribution in [0, 0.1) is 11.8 Å². The van der Waals surface area contributed by atoms with Crippen molar-refractivity contribution in [3.05, 3.63) is 18.0 Å². The summed E-state index contributed by atoms with van der Waals surface area (Å²) in [5, 5.41) is 11.1. The van der Waals surface area contributed by atoms with Gasteiger partial charge in [0.25, 0.3) is 0 Å². The Morgan fingerprint density at radius 1 is 1.35 bits per heavy atom. The van der Waals surface area contributed by atoms with Crippen LogP contribution in [0.1, 0.15) is 52.0 Å². The Labute approximate surface area is 157 Å². The maximum Gasteiger partial charge on any atom is 0.191 e. The summed E-state index contributed by atoms with van der Waals surface area (Å²) in [5.74, 6) is 2.64. The third-order valence-corrected chi connectivity index (χ3v) is 4.58. The summed E-state index contributed by atoms with van der Waals surface area (Å²) in [4.78, 5) is 4.69. The normalized spacial score (nSPS) is 21.9. The molecule has 23 heavy (non-hydrogen) atoms. The van der Waals surface area contributed by atoms with E-state index in [1.165, 1.54) is 25.7 Å². The summed E-state index contributed by atoms with van der Waals surface area (Å²) in [6.07, 6.45) is 9.05. The molecule has 1 aliphatic carbocycles. The van der Waals surface area contributed by atoms with Gasteiger partial charge >= 0.3 is 0 Å². The van der Waals surface area contributed by atoms with Gasteiger partial charge in [-0.3, -0.25) is 4.68 Å². The molecule has 2 N–H and O–H groups in total. The zero-order valence-electron chi connectivity index (χ0n) is 14.9. The fraction of sp³-hybridized carbons (Fsp3) is 0.765. The van der Waals surface area contributed by atoms with E-state index in [4.69, 9.17) is 0 Å². The second-order valence-corrected chi connectivity index (χ2v) is 6.72. The van der Waals surface area contributed by atoms with Gasteiger partial charge in [-0.15, -0.1) is 24.0 Å². The Bertz CT molecular complexity index is 475. The van der Waals surface area contributed by atoms with Crippen molar-refractivity contribution in [2.45, 2.75) is 59.0 Å². The molecule has 1 heterocycles. The quantitative estimate of drug-likeness (QED) is 0.426. The van der Waals surface area contributed by atoms with Crippen LogP contribution in [0.15, 0.2) is 17.4 Å². The second-order valence-electron chi connectivity index (χ2n) is 6.72. The van der Waals surface area contributed by atoms with Crippen molar-refractivity contribution in [2.24, 2.45) is 23.9 Å². The molecule has 0 spiro atoms. The maximum atomic E-state index is 4.69. The number of aryl methyl sites for hydroxylation is 1. The van der Waals surface area contributed by atoms with Crippen molar-refractivity contribution in [3.63, 3.8) is 0 Å². The number of nitrogens with one attached hydrogen (secondary N) is 2. The van der Waals surface area contributed by atoms with Crippen LogP contribution in [-0.2, 0) is 13.6 Å². The summed E-state index contributed by atoms with van der Waals surface area (Å²) < 4.78 is 1.82. The third kappa shape index (κ3) is 6.69. The molecular formula is C17H32IN5. The van der Waals surface area contributed by atoms with Gasteiger partial charge in [-0.2, -0.15) is 5.10 Å². The molecule has 2 rings (SSSR count). The van der Waals surface area contributed by atoms with Gasteiger partial charge in [0.2, 0.25) is 0 Å². The molecule has 5 nitrogen and oxygen atoms in total. The van der Waals surface area contributed by atoms with E-state index >= 15 is 0 Å². The Morgan fingerprint density at radius 3 is 2.57 bits per heavy atom. The second kappa shape index (κ2) is 10.2. The van der Waals surface area contributed by atoms with Crippen molar-refractivity contribution in [2.75, 3.05) is 6.54 Å². The Kier molecular flexibility index (Phi) is 8.94. The summed E-state index contributed by atoms with van der Waals surface area (Å²) in [7, 11) is 1.93. The molecule has 0 aromatic carbocycles. The smallest absolute Gasteiger partial charge is 0.191 e. The Balaban J connectivity index is 0.00000264. The van der Waals surface area contributed by atoms with Gasteiger partial charge in [0, 0.05) is 31.4 Å². The molecule has 0 aliphatic heterocycles. The van der Waals surface area contributed by atoms with Gasteiger partial charge in [0.15, 0.2) is 5.96 Å². The van der Waals surface area contributed by atoms with Crippen molar-refractivity contribution in [1.29, 1.82) is 0 Å². The van der Waals surface area contributed by atoms with Crippen LogP contribution in [0.5, 0.6) is 0 Å². The highest BCUT2D eigenvalue weighted by atomic mass is 127. The largest absolute Gasteiger partial charge is 0.357 e. The highest BCUT2D eigenvalue weighted by Crippen LogP contribution is 2.29. The van der Waals surface area contributed by atoms with E-state index in [1.54, 1.807) is 0 Å². The maximum absolute atomic E-state index is 4.69. The lowest BCUT2D eigenvalue weighted by Crippen LogP contribution is -2.45. The molecule has 0 bridgehead atoms. The van der Waals surface area contributed by atoms with Gasteiger partial charge in [0.1, 0.15) is 0 Å². The molecular weight excluding hydrogens is 401 g/mol. The topological polar surface area (TPSA) is 54.2 Å². The zero-order chi connectivity index (χ0) is 15.9. The monoisotopic (exact) mass is 433 g/mol. The first-order valence-corrected chi connectivity index (χ1v) is 8.60. The number of hydrogen-bond acceptors (Lipinski definition) is 2. The SMILES string of the molecule is CCNC(=NCc1cnn(C)c1)NC1CCC(C(C)C)CC1.I. The lowest BCUT2D eigenvalue weighted by Gasteiger charge is -2.32. The average Bonchev–Trinajstić information content (AvgIpc) is 2.91. The summed E-state index contributed by atoms with van der Waals surface area (Å²) in [6, 6.07) is 0.557. The van der Waals surface area contributed by atoms with Crippen LogP contribution in [0.2, 0.25) is 0 Å². The molecule has 0 amide bonds. The number of halogens is 1. The third-order valence-electron chi connectivity index (χ3n) is 4.58. The molecule has 1 fully saturated rings. The summed E-state index contributed by atoms with van der Waals surface area (Å²) in [6.45, 7) is 8.36. The van der Waals surface area contributed by atoms with Crippen LogP contribution in [0.4, 0.5) is 0 Å². The molecule has 132 valence electrons. The molecule has 1 aliphatic rings. The van der Waals surface area contributed by atoms with Gasteiger partial charge < -0.3 is 10.6 Å². The zero-order valence-corrected chi connectivity index (χ0v) is 17.2. The first-order chi connectivity index (χ1) is 10.6. The number of hydrogen-bond donors (Lipinski definition) is 2. The van der Waals surface area contributed by atoms with E-state index in [1.807, 2.05) is 24.1 Å². The van der Waals surface area contributed by atoms with Crippen molar-refractivity contribution in [3.8, 4) is 0 Å². The molecule has 6 heteroatoms. The predicted molar refractivity (Wildman–Crippen MR) is 107 cm³/mol. The van der Waals surface area contributed by atoms with Crippen LogP contribution in [0.3, 0.4) is 0 Å². The highest BCUT2D eigenvalue weighted by Gasteiger charge is 2.23. The first kappa shape index (κ1) is 20.3. The molecule has 1 saturated carbocycles. The van der Waals surface area contributed by atoms with E-state index in [0.717, 1.165) is 29.9 Å². The Morgan fingerprint density at radius 2 is 2.04 bits per heavy atom. The number of rotatable bonds is 5. The molecule has 0 radical (unpaired) electrons. The number of aliphatic imine (C=N–C) groups is 1. The molecule has 0 atom stereocenters. The van der Waals surface area contributed by atoms with Gasteiger partial charge in [-0.25, -0.2) is 4.99 Å². The standard InChI is InChI=1S/C17H31N5.HI/c1-5-18-17(19-10-14-11-20-22(4)12-14)21-16-8-6-15(7-9-16)13(2)3;/h11-13,15-16H,5-10H2,1-4H3,(H2,18,19,21);1H. The van der Waals surface area contributed by atoms with E-state index in [0.29, 0.717) is 12.6 Å². The minimum atomic E-state index is 0. The molecule has 1 aromatic heterocycles. The molecule has 0 unspecified atom stereocenters. The van der Waals surface area contributed by atoms with Gasteiger partial charge in [-0.05, 0) is 44.4 Å². The number of nitrogens with zero attached hydrogens (tertiary/aromatic N) is 3. The van der Waals surface area contributed by atoms with Crippen molar-refractivity contribution in [1.82, 2.24) is 20.4 Å². The van der Waals surface area contributed by atoms with E-state index in [2.05, 4.69) is 41.5 Å². The predicted octanol–water partition coefficient (Wildman–Crippen LogP) is 3.31. The minimum Gasteiger partial charge on any atom is -0.357 e. The van der Waals surface area contributed by atoms with E-state index in [-0.39, 0.29) is 24.0 Å². The average molecular weight is 433 g/mol. The number of aromatic nitrogens is 2. The van der Waals surface area contributed by atoms with Crippen LogP contribution in [-0.4, -0.2) is 28.3 Å². The number of guanidine groups is 1. The fourth-order valence-corrected chi connectivity index (χ4v) is 3.17. The lowest BCUT2D eigenvalue weighted by molar-refractivity contribution is 0.250. The summed E-state index contributed by atoms with van der Waals surface area (Å²) >= 11 is 0. The van der Waals surface area contributed by atoms with Crippen LogP contribution >= 0.6 is 24.0 Å². The van der Waals surface area contributed by atoms with Crippen molar-refractivity contribution < 1.29 is 0 Å². The van der Waals surface area contributed by atoms with Crippen LogP contribution < -0.4 is 10.6 Å². The fourth-order valence-electron chi connectivity index (χ4n) is 3.17. The highest BCUT2D eigenvalue weighted by molar-refractivity contribution is 14.0. The van der Waals surface area contributed by atoms with E-state index in [9.17, 15) is 0 Å². The van der Waals surface area contributed by atoms with Crippen LogP contribution in [0.25, 0.3) is 0 Å².